The molecular weight excluding hydrogens is 466 g/mol. The molecule has 0 aliphatic carbocycles. The first-order chi connectivity index (χ1) is 15.9. The van der Waals surface area contributed by atoms with Gasteiger partial charge < -0.3 is 25.0 Å². The van der Waals surface area contributed by atoms with Crippen LogP contribution in [0.3, 0.4) is 0 Å². The summed E-state index contributed by atoms with van der Waals surface area (Å²) in [6.45, 7) is 10.9. The first kappa shape index (κ1) is 27.1. The molecule has 4 amide bonds. The highest BCUT2D eigenvalue weighted by Gasteiger charge is 2.43. The third kappa shape index (κ3) is 6.44. The van der Waals surface area contributed by atoms with Crippen LogP contribution in [0.4, 0.5) is 9.59 Å². The summed E-state index contributed by atoms with van der Waals surface area (Å²) in [5.74, 6) is -1.19. The van der Waals surface area contributed by atoms with E-state index in [4.69, 9.17) is 14.3 Å². The van der Waals surface area contributed by atoms with Crippen LogP contribution in [0.2, 0.25) is 0 Å². The van der Waals surface area contributed by atoms with Gasteiger partial charge in [-0.25, -0.2) is 19.4 Å². The molecule has 0 radical (unpaired) electrons. The van der Waals surface area contributed by atoms with Crippen molar-refractivity contribution >= 4 is 35.3 Å². The van der Waals surface area contributed by atoms with Gasteiger partial charge in [0.25, 0.3) is 5.91 Å². The van der Waals surface area contributed by atoms with Gasteiger partial charge in [0, 0.05) is 20.1 Å². The summed E-state index contributed by atoms with van der Waals surface area (Å²) in [5, 5.41) is 6.42. The molecule has 34 heavy (non-hydrogen) atoms. The van der Waals surface area contributed by atoms with E-state index in [-0.39, 0.29) is 30.4 Å². The second-order valence-electron chi connectivity index (χ2n) is 8.36. The fraction of sp³-hybridized carbons (Fsp3) is 0.571. The van der Waals surface area contributed by atoms with Crippen LogP contribution in [-0.2, 0) is 19.1 Å². The Bertz CT molecular complexity index is 942. The molecule has 2 heterocycles. The van der Waals surface area contributed by atoms with E-state index in [0.717, 1.165) is 21.3 Å². The summed E-state index contributed by atoms with van der Waals surface area (Å²) in [5.41, 5.74) is -0.390. The third-order valence-electron chi connectivity index (χ3n) is 4.58. The summed E-state index contributed by atoms with van der Waals surface area (Å²) in [7, 11) is 2.63. The fourth-order valence-electron chi connectivity index (χ4n) is 3.07. The van der Waals surface area contributed by atoms with Gasteiger partial charge in [0.15, 0.2) is 11.0 Å². The van der Waals surface area contributed by atoms with Gasteiger partial charge in [-0.2, -0.15) is 5.06 Å². The van der Waals surface area contributed by atoms with Crippen molar-refractivity contribution in [1.29, 1.82) is 0 Å². The zero-order chi connectivity index (χ0) is 25.6. The van der Waals surface area contributed by atoms with Gasteiger partial charge in [0.2, 0.25) is 0 Å². The number of thiazole rings is 1. The van der Waals surface area contributed by atoms with Crippen molar-refractivity contribution < 1.29 is 33.5 Å². The molecule has 1 aliphatic heterocycles. The van der Waals surface area contributed by atoms with E-state index in [9.17, 15) is 19.2 Å². The Balaban J connectivity index is 2.21. The van der Waals surface area contributed by atoms with Crippen LogP contribution in [0.15, 0.2) is 12.7 Å². The Morgan fingerprint density at radius 1 is 1.24 bits per heavy atom. The van der Waals surface area contributed by atoms with Crippen molar-refractivity contribution in [3.63, 3.8) is 0 Å². The highest BCUT2D eigenvalue weighted by molar-refractivity contribution is 7.13. The molecule has 1 aromatic heterocycles. The number of fused-ring (bicyclic) bond motifs is 1. The SMILES string of the molecule is C=CCON1C(=O)N(C)[C@@H](C(=O)OC)c2nc(C(=O)NCCNC(=O)OC(C)(C)C)sc2[C@@H]1C. The maximum Gasteiger partial charge on any atom is 0.407 e. The van der Waals surface area contributed by atoms with Gasteiger partial charge in [-0.3, -0.25) is 9.63 Å². The molecule has 2 rings (SSSR count). The van der Waals surface area contributed by atoms with E-state index >= 15 is 0 Å². The van der Waals surface area contributed by atoms with Gasteiger partial charge in [-0.1, -0.05) is 6.08 Å². The van der Waals surface area contributed by atoms with Crippen LogP contribution in [0, 0.1) is 0 Å². The number of carbonyl (C=O) groups is 4. The van der Waals surface area contributed by atoms with Gasteiger partial charge in [0.1, 0.15) is 5.60 Å². The Kier molecular flexibility index (Phi) is 8.99. The molecular formula is C21H31N5O7S. The van der Waals surface area contributed by atoms with Gasteiger partial charge >= 0.3 is 18.1 Å². The molecule has 2 atom stereocenters. The maximum atomic E-state index is 12.9. The number of hydrogen-bond donors (Lipinski definition) is 2. The lowest BCUT2D eigenvalue weighted by molar-refractivity contribution is -0.150. The van der Waals surface area contributed by atoms with Crippen LogP contribution in [0.25, 0.3) is 0 Å². The predicted octanol–water partition coefficient (Wildman–Crippen LogP) is 2.16. The number of carbonyl (C=O) groups excluding carboxylic acids is 4. The molecule has 2 N–H and O–H groups in total. The average molecular weight is 498 g/mol. The van der Waals surface area contributed by atoms with E-state index in [1.54, 1.807) is 27.7 Å². The van der Waals surface area contributed by atoms with Gasteiger partial charge in [-0.05, 0) is 27.7 Å². The lowest BCUT2D eigenvalue weighted by atomic mass is 10.1. The minimum atomic E-state index is -1.15. The molecule has 0 saturated carbocycles. The van der Waals surface area contributed by atoms with E-state index in [2.05, 4.69) is 22.2 Å². The fourth-order valence-corrected chi connectivity index (χ4v) is 4.11. The lowest BCUT2D eigenvalue weighted by Crippen LogP contribution is -2.43. The zero-order valence-electron chi connectivity index (χ0n) is 20.2. The summed E-state index contributed by atoms with van der Waals surface area (Å²) >= 11 is 1.04. The largest absolute Gasteiger partial charge is 0.467 e. The molecule has 0 fully saturated rings. The van der Waals surface area contributed by atoms with Gasteiger partial charge in [-0.15, -0.1) is 17.9 Å². The number of methoxy groups -OCH3 is 1. The van der Waals surface area contributed by atoms with Crippen molar-refractivity contribution in [3.8, 4) is 0 Å². The molecule has 0 spiro atoms. The van der Waals surface area contributed by atoms with Crippen LogP contribution < -0.4 is 10.6 Å². The number of ether oxygens (including phenoxy) is 2. The number of nitrogens with one attached hydrogen (secondary N) is 2. The Morgan fingerprint density at radius 3 is 2.47 bits per heavy atom. The molecule has 0 saturated heterocycles. The smallest absolute Gasteiger partial charge is 0.407 e. The lowest BCUT2D eigenvalue weighted by Gasteiger charge is -2.29. The summed E-state index contributed by atoms with van der Waals surface area (Å²) < 4.78 is 10.0. The second-order valence-corrected chi connectivity index (χ2v) is 9.39. The molecule has 188 valence electrons. The van der Waals surface area contributed by atoms with E-state index in [1.807, 2.05) is 0 Å². The van der Waals surface area contributed by atoms with Crippen LogP contribution in [0.5, 0.6) is 0 Å². The summed E-state index contributed by atoms with van der Waals surface area (Å²) in [6.07, 6.45) is 0.894. The number of amides is 4. The number of likely N-dealkylation sites (N-methyl/N-ethyl adjacent to an activating group) is 1. The number of hydroxylamine groups is 2. The molecule has 13 heteroatoms. The van der Waals surface area contributed by atoms with Crippen molar-refractivity contribution in [2.24, 2.45) is 0 Å². The standard InChI is InChI=1S/C21H31N5O7S/c1-8-11-32-26-12(2)15-13(14(18(28)31-7)25(6)20(26)30)24-17(34-15)16(27)22-9-10-23-19(29)33-21(3,4)5/h8,12,14H,1,9-11H2,2-7H3,(H,22,27)(H,23,29)/t12-,14+/m0/s1. The summed E-state index contributed by atoms with van der Waals surface area (Å²) in [4.78, 5) is 61.5. The Hall–Kier alpha value is -3.19. The van der Waals surface area contributed by atoms with Crippen molar-refractivity contribution in [1.82, 2.24) is 25.6 Å². The van der Waals surface area contributed by atoms with E-state index in [0.29, 0.717) is 4.88 Å². The number of aromatic nitrogens is 1. The number of rotatable bonds is 8. The average Bonchev–Trinajstić information content (AvgIpc) is 3.17. The first-order valence-electron chi connectivity index (χ1n) is 10.5. The normalized spacial score (nSPS) is 18.0. The monoisotopic (exact) mass is 497 g/mol. The predicted molar refractivity (Wildman–Crippen MR) is 123 cm³/mol. The topological polar surface area (TPSA) is 139 Å². The molecule has 12 nitrogen and oxygen atoms in total. The minimum Gasteiger partial charge on any atom is -0.467 e. The van der Waals surface area contributed by atoms with Crippen LogP contribution in [-0.4, -0.2) is 78.4 Å². The van der Waals surface area contributed by atoms with Crippen molar-refractivity contribution in [3.05, 3.63) is 28.2 Å². The molecule has 0 unspecified atom stereocenters. The Labute approximate surface area is 202 Å². The zero-order valence-corrected chi connectivity index (χ0v) is 21.0. The third-order valence-corrected chi connectivity index (χ3v) is 5.82. The molecule has 0 aromatic carbocycles. The van der Waals surface area contributed by atoms with Crippen molar-refractivity contribution in [2.75, 3.05) is 33.9 Å². The highest BCUT2D eigenvalue weighted by atomic mass is 32.1. The minimum absolute atomic E-state index is 0.0684. The maximum absolute atomic E-state index is 12.9. The number of urea groups is 1. The molecule has 1 aliphatic rings. The van der Waals surface area contributed by atoms with E-state index in [1.165, 1.54) is 20.2 Å². The van der Waals surface area contributed by atoms with Gasteiger partial charge in [0.05, 0.1) is 30.3 Å². The van der Waals surface area contributed by atoms with E-state index < -0.39 is 41.7 Å². The Morgan fingerprint density at radius 2 is 1.88 bits per heavy atom. The van der Waals surface area contributed by atoms with Crippen LogP contribution >= 0.6 is 11.3 Å². The number of alkyl carbamates (subject to hydrolysis) is 1. The first-order valence-corrected chi connectivity index (χ1v) is 11.4. The molecule has 0 bridgehead atoms. The quantitative estimate of drug-likeness (QED) is 0.316. The number of esters is 1. The number of nitrogens with zero attached hydrogens (tertiary/aromatic N) is 3. The molecule has 1 aromatic rings. The van der Waals surface area contributed by atoms with Crippen LogP contribution in [0.1, 0.15) is 60.2 Å². The summed E-state index contributed by atoms with van der Waals surface area (Å²) in [6, 6.07) is -2.35. The second kappa shape index (κ2) is 11.3. The number of hydrogen-bond acceptors (Lipinski definition) is 9. The van der Waals surface area contributed by atoms with Crippen molar-refractivity contribution in [2.45, 2.75) is 45.4 Å². The highest BCUT2D eigenvalue weighted by Crippen LogP contribution is 2.39.